The van der Waals surface area contributed by atoms with Gasteiger partial charge < -0.3 is 5.11 Å². The van der Waals surface area contributed by atoms with Crippen molar-refractivity contribution in [3.8, 4) is 5.75 Å². The van der Waals surface area contributed by atoms with Crippen molar-refractivity contribution >= 4 is 0 Å². The molecule has 0 spiro atoms. The molecule has 90 valence electrons. The summed E-state index contributed by atoms with van der Waals surface area (Å²) in [5.41, 5.74) is 2.33. The molecular weight excluding hydrogens is 196 g/mol. The Morgan fingerprint density at radius 2 is 1.88 bits per heavy atom. The maximum Gasteiger partial charge on any atom is 0.118 e. The number of aryl methyl sites for hydroxylation is 2. The summed E-state index contributed by atoms with van der Waals surface area (Å²) in [6, 6.07) is 5.93. The molecule has 0 aliphatic carbocycles. The number of benzene rings is 1. The van der Waals surface area contributed by atoms with Gasteiger partial charge in [0.25, 0.3) is 0 Å². The number of unbranched alkanes of at least 4 members (excludes halogenated alkanes) is 2. The highest BCUT2D eigenvalue weighted by Gasteiger charge is 1.99. The van der Waals surface area contributed by atoms with Crippen LogP contribution >= 0.6 is 0 Å². The first-order valence-corrected chi connectivity index (χ1v) is 6.38. The zero-order chi connectivity index (χ0) is 12.0. The van der Waals surface area contributed by atoms with E-state index in [1.807, 2.05) is 13.0 Å². The highest BCUT2D eigenvalue weighted by molar-refractivity contribution is 5.34. The van der Waals surface area contributed by atoms with Crippen LogP contribution in [0.25, 0.3) is 0 Å². The molecule has 0 radical (unpaired) electrons. The molecule has 16 heavy (non-hydrogen) atoms. The number of phenolic OH excluding ortho intramolecular Hbond substituents is 1. The van der Waals surface area contributed by atoms with Crippen molar-refractivity contribution in [2.75, 3.05) is 0 Å². The summed E-state index contributed by atoms with van der Waals surface area (Å²) in [6.07, 6.45) is 6.40. The normalized spacial score (nSPS) is 11.0. The molecular formula is C15H24O. The lowest BCUT2D eigenvalue weighted by atomic mass is 10.0. The largest absolute Gasteiger partial charge is 0.508 e. The highest BCUT2D eigenvalue weighted by atomic mass is 16.3. The Morgan fingerprint density at radius 1 is 1.12 bits per heavy atom. The lowest BCUT2D eigenvalue weighted by Crippen LogP contribution is -1.90. The van der Waals surface area contributed by atoms with Gasteiger partial charge in [-0.05, 0) is 42.9 Å². The molecule has 0 atom stereocenters. The fraction of sp³-hybridized carbons (Fsp3) is 0.600. The molecule has 0 heterocycles. The minimum atomic E-state index is 0.406. The van der Waals surface area contributed by atoms with Crippen LogP contribution in [0.2, 0.25) is 0 Å². The van der Waals surface area contributed by atoms with E-state index in [0.717, 1.165) is 17.9 Å². The van der Waals surface area contributed by atoms with Crippen molar-refractivity contribution in [1.82, 2.24) is 0 Å². The van der Waals surface area contributed by atoms with E-state index in [0.29, 0.717) is 5.75 Å². The van der Waals surface area contributed by atoms with Crippen LogP contribution in [-0.2, 0) is 6.42 Å². The Labute approximate surface area is 99.5 Å². The summed E-state index contributed by atoms with van der Waals surface area (Å²) in [4.78, 5) is 0. The monoisotopic (exact) mass is 220 g/mol. The van der Waals surface area contributed by atoms with E-state index < -0.39 is 0 Å². The average molecular weight is 220 g/mol. The van der Waals surface area contributed by atoms with Gasteiger partial charge >= 0.3 is 0 Å². The first kappa shape index (κ1) is 13.1. The lowest BCUT2D eigenvalue weighted by molar-refractivity contribution is 0.470. The molecule has 0 aliphatic rings. The highest BCUT2D eigenvalue weighted by Crippen LogP contribution is 2.18. The van der Waals surface area contributed by atoms with E-state index in [4.69, 9.17) is 0 Å². The van der Waals surface area contributed by atoms with Crippen molar-refractivity contribution < 1.29 is 5.11 Å². The van der Waals surface area contributed by atoms with Gasteiger partial charge in [0.1, 0.15) is 5.75 Å². The molecule has 1 heteroatoms. The topological polar surface area (TPSA) is 20.2 Å². The Balaban J connectivity index is 2.24. The first-order valence-electron chi connectivity index (χ1n) is 6.38. The van der Waals surface area contributed by atoms with Gasteiger partial charge in [-0.25, -0.2) is 0 Å². The Hall–Kier alpha value is -0.980. The van der Waals surface area contributed by atoms with E-state index in [1.54, 1.807) is 6.07 Å². The molecule has 0 amide bonds. The first-order chi connectivity index (χ1) is 7.59. The Bertz CT molecular complexity index is 315. The third-order valence-corrected chi connectivity index (χ3v) is 3.01. The number of aromatic hydroxyl groups is 1. The fourth-order valence-electron chi connectivity index (χ4n) is 1.93. The van der Waals surface area contributed by atoms with E-state index in [2.05, 4.69) is 19.9 Å². The average Bonchev–Trinajstić information content (AvgIpc) is 2.22. The summed E-state index contributed by atoms with van der Waals surface area (Å²) < 4.78 is 0. The summed E-state index contributed by atoms with van der Waals surface area (Å²) >= 11 is 0. The van der Waals surface area contributed by atoms with Crippen LogP contribution in [0.5, 0.6) is 5.75 Å². The summed E-state index contributed by atoms with van der Waals surface area (Å²) in [7, 11) is 0. The molecule has 0 saturated heterocycles. The maximum atomic E-state index is 9.41. The Kier molecular flexibility index (Phi) is 5.37. The van der Waals surface area contributed by atoms with Gasteiger partial charge in [-0.15, -0.1) is 0 Å². The van der Waals surface area contributed by atoms with Crippen molar-refractivity contribution in [3.05, 3.63) is 29.3 Å². The summed E-state index contributed by atoms with van der Waals surface area (Å²) in [6.45, 7) is 6.52. The zero-order valence-electron chi connectivity index (χ0n) is 10.8. The quantitative estimate of drug-likeness (QED) is 0.702. The van der Waals surface area contributed by atoms with Crippen LogP contribution in [0.15, 0.2) is 18.2 Å². The van der Waals surface area contributed by atoms with Crippen LogP contribution in [0.1, 0.15) is 50.7 Å². The van der Waals surface area contributed by atoms with Gasteiger partial charge in [0.2, 0.25) is 0 Å². The third kappa shape index (κ3) is 4.69. The number of phenols is 1. The maximum absolute atomic E-state index is 9.41. The second-order valence-electron chi connectivity index (χ2n) is 5.11. The van der Waals surface area contributed by atoms with Crippen LogP contribution in [0.4, 0.5) is 0 Å². The number of rotatable bonds is 6. The second kappa shape index (κ2) is 6.57. The molecule has 0 unspecified atom stereocenters. The molecule has 1 aromatic rings. The SMILES string of the molecule is Cc1cc(CCCCCC(C)C)ccc1O. The van der Waals surface area contributed by atoms with E-state index in [-0.39, 0.29) is 0 Å². The van der Waals surface area contributed by atoms with Crippen molar-refractivity contribution in [3.63, 3.8) is 0 Å². The molecule has 0 aromatic heterocycles. The molecule has 0 aliphatic heterocycles. The molecule has 0 bridgehead atoms. The smallest absolute Gasteiger partial charge is 0.118 e. The van der Waals surface area contributed by atoms with Crippen LogP contribution < -0.4 is 0 Å². The van der Waals surface area contributed by atoms with E-state index in [1.165, 1.54) is 31.2 Å². The van der Waals surface area contributed by atoms with Gasteiger partial charge in [0.05, 0.1) is 0 Å². The Morgan fingerprint density at radius 3 is 2.50 bits per heavy atom. The predicted octanol–water partition coefficient (Wildman–Crippen LogP) is 4.46. The minimum absolute atomic E-state index is 0.406. The van der Waals surface area contributed by atoms with Crippen molar-refractivity contribution in [1.29, 1.82) is 0 Å². The lowest BCUT2D eigenvalue weighted by Gasteiger charge is -2.06. The van der Waals surface area contributed by atoms with Crippen LogP contribution in [0, 0.1) is 12.8 Å². The molecule has 1 rings (SSSR count). The predicted molar refractivity (Wildman–Crippen MR) is 69.9 cm³/mol. The molecule has 0 saturated carbocycles. The molecule has 1 aromatic carbocycles. The second-order valence-corrected chi connectivity index (χ2v) is 5.11. The van der Waals surface area contributed by atoms with Gasteiger partial charge in [-0.1, -0.05) is 45.2 Å². The minimum Gasteiger partial charge on any atom is -0.508 e. The van der Waals surface area contributed by atoms with E-state index >= 15 is 0 Å². The number of hydrogen-bond acceptors (Lipinski definition) is 1. The summed E-state index contributed by atoms with van der Waals surface area (Å²) in [5.74, 6) is 1.24. The fourth-order valence-corrected chi connectivity index (χ4v) is 1.93. The molecule has 1 nitrogen and oxygen atoms in total. The molecule has 0 fully saturated rings. The standard InChI is InChI=1S/C15H24O/c1-12(2)7-5-4-6-8-14-9-10-15(16)13(3)11-14/h9-12,16H,4-8H2,1-3H3. The number of hydrogen-bond donors (Lipinski definition) is 1. The van der Waals surface area contributed by atoms with Gasteiger partial charge in [0.15, 0.2) is 0 Å². The third-order valence-electron chi connectivity index (χ3n) is 3.01. The van der Waals surface area contributed by atoms with Crippen molar-refractivity contribution in [2.24, 2.45) is 5.92 Å². The molecule has 1 N–H and O–H groups in total. The zero-order valence-corrected chi connectivity index (χ0v) is 10.8. The van der Waals surface area contributed by atoms with Crippen molar-refractivity contribution in [2.45, 2.75) is 52.9 Å². The van der Waals surface area contributed by atoms with E-state index in [9.17, 15) is 5.11 Å². The van der Waals surface area contributed by atoms with Gasteiger partial charge in [0, 0.05) is 0 Å². The van der Waals surface area contributed by atoms with Crippen LogP contribution in [-0.4, -0.2) is 5.11 Å². The van der Waals surface area contributed by atoms with Gasteiger partial charge in [-0.3, -0.25) is 0 Å². The van der Waals surface area contributed by atoms with Crippen LogP contribution in [0.3, 0.4) is 0 Å². The summed E-state index contributed by atoms with van der Waals surface area (Å²) in [5, 5.41) is 9.41. The van der Waals surface area contributed by atoms with Gasteiger partial charge in [-0.2, -0.15) is 0 Å².